The molecule has 2 heterocycles. The summed E-state index contributed by atoms with van der Waals surface area (Å²) in [6.45, 7) is 1.81. The Kier molecular flexibility index (Phi) is 2.83. The predicted octanol–water partition coefficient (Wildman–Crippen LogP) is 3.56. The van der Waals surface area contributed by atoms with Crippen LogP contribution in [0.1, 0.15) is 5.56 Å². The molecule has 2 aromatic heterocycles. The van der Waals surface area contributed by atoms with Gasteiger partial charge in [-0.3, -0.25) is 9.36 Å². The average Bonchev–Trinajstić information content (AvgIpc) is 2.82. The molecule has 0 fully saturated rings. The number of aryl methyl sites for hydroxylation is 1. The molecular formula is C13H9FN2OS2. The van der Waals surface area contributed by atoms with Gasteiger partial charge in [0, 0.05) is 0 Å². The zero-order valence-electron chi connectivity index (χ0n) is 9.94. The Labute approximate surface area is 117 Å². The van der Waals surface area contributed by atoms with Crippen molar-refractivity contribution < 1.29 is 4.39 Å². The Hall–Kier alpha value is -1.79. The van der Waals surface area contributed by atoms with Crippen LogP contribution in [0.25, 0.3) is 15.9 Å². The molecule has 1 aromatic carbocycles. The number of nitrogens with zero attached hydrogens (tertiary/aromatic N) is 1. The molecule has 0 spiro atoms. The van der Waals surface area contributed by atoms with Gasteiger partial charge in [-0.25, -0.2) is 4.39 Å². The minimum Gasteiger partial charge on any atom is -0.331 e. The molecule has 0 saturated heterocycles. The first-order chi connectivity index (χ1) is 9.08. The van der Waals surface area contributed by atoms with Gasteiger partial charge < -0.3 is 4.98 Å². The molecule has 3 nitrogen and oxygen atoms in total. The molecule has 0 aliphatic carbocycles. The van der Waals surface area contributed by atoms with Crippen molar-refractivity contribution in [2.45, 2.75) is 6.92 Å². The van der Waals surface area contributed by atoms with Crippen molar-refractivity contribution in [3.8, 4) is 5.69 Å². The van der Waals surface area contributed by atoms with Gasteiger partial charge in [-0.05, 0) is 48.3 Å². The normalized spacial score (nSPS) is 11.1. The first-order valence-corrected chi connectivity index (χ1v) is 6.86. The van der Waals surface area contributed by atoms with Crippen LogP contribution in [0.5, 0.6) is 0 Å². The second-order valence-electron chi connectivity index (χ2n) is 4.16. The van der Waals surface area contributed by atoms with E-state index in [2.05, 4.69) is 4.98 Å². The lowest BCUT2D eigenvalue weighted by Gasteiger charge is -2.09. The number of halogens is 1. The van der Waals surface area contributed by atoms with Crippen molar-refractivity contribution in [3.63, 3.8) is 0 Å². The Morgan fingerprint density at radius 3 is 2.95 bits per heavy atom. The Morgan fingerprint density at radius 1 is 1.37 bits per heavy atom. The summed E-state index contributed by atoms with van der Waals surface area (Å²) >= 11 is 6.54. The maximum atomic E-state index is 13.4. The number of aromatic amines is 1. The zero-order valence-corrected chi connectivity index (χ0v) is 11.6. The predicted molar refractivity (Wildman–Crippen MR) is 77.3 cm³/mol. The minimum absolute atomic E-state index is 0.220. The number of hydrogen-bond acceptors (Lipinski definition) is 3. The molecule has 3 rings (SSSR count). The molecule has 6 heteroatoms. The van der Waals surface area contributed by atoms with Crippen molar-refractivity contribution in [3.05, 3.63) is 56.2 Å². The van der Waals surface area contributed by atoms with Gasteiger partial charge in [0.1, 0.15) is 10.5 Å². The Balaban J connectivity index is 2.46. The van der Waals surface area contributed by atoms with Gasteiger partial charge in [-0.2, -0.15) is 0 Å². The van der Waals surface area contributed by atoms with E-state index in [4.69, 9.17) is 12.2 Å². The van der Waals surface area contributed by atoms with Crippen LogP contribution in [0.4, 0.5) is 4.39 Å². The lowest BCUT2D eigenvalue weighted by atomic mass is 10.2. The minimum atomic E-state index is -0.395. The van der Waals surface area contributed by atoms with Crippen molar-refractivity contribution in [2.24, 2.45) is 0 Å². The number of fused-ring (bicyclic) bond motifs is 1. The quantitative estimate of drug-likeness (QED) is 0.696. The number of H-pyrrole nitrogens is 1. The summed E-state index contributed by atoms with van der Waals surface area (Å²) in [5.41, 5.74) is 1.76. The first-order valence-electron chi connectivity index (χ1n) is 5.57. The van der Waals surface area contributed by atoms with Crippen LogP contribution < -0.4 is 5.56 Å². The molecule has 0 saturated carbocycles. The van der Waals surface area contributed by atoms with Crippen LogP contribution >= 0.6 is 23.6 Å². The molecule has 3 aromatic rings. The molecule has 0 aliphatic heterocycles. The average molecular weight is 292 g/mol. The van der Waals surface area contributed by atoms with E-state index >= 15 is 0 Å². The molecule has 96 valence electrons. The second-order valence-corrected chi connectivity index (χ2v) is 5.47. The van der Waals surface area contributed by atoms with Crippen LogP contribution in [-0.4, -0.2) is 9.55 Å². The lowest BCUT2D eigenvalue weighted by Crippen LogP contribution is -2.20. The fraction of sp³-hybridized carbons (Fsp3) is 0.0769. The Bertz CT molecular complexity index is 892. The molecule has 0 unspecified atom stereocenters. The van der Waals surface area contributed by atoms with Gasteiger partial charge in [0.15, 0.2) is 4.77 Å². The van der Waals surface area contributed by atoms with Gasteiger partial charge in [-0.1, -0.05) is 6.07 Å². The van der Waals surface area contributed by atoms with E-state index in [1.807, 2.05) is 12.3 Å². The SMILES string of the molecule is Cc1ccc(F)cc1-n1c(=S)[nH]c2ccsc2c1=O. The summed E-state index contributed by atoms with van der Waals surface area (Å²) in [5.74, 6) is -0.395. The molecule has 19 heavy (non-hydrogen) atoms. The number of rotatable bonds is 1. The van der Waals surface area contributed by atoms with E-state index in [9.17, 15) is 9.18 Å². The zero-order chi connectivity index (χ0) is 13.6. The maximum absolute atomic E-state index is 13.4. The maximum Gasteiger partial charge on any atom is 0.276 e. The van der Waals surface area contributed by atoms with Gasteiger partial charge in [0.05, 0.1) is 11.2 Å². The fourth-order valence-corrected chi connectivity index (χ4v) is 3.05. The van der Waals surface area contributed by atoms with E-state index in [0.717, 1.165) is 5.56 Å². The molecule has 0 aliphatic rings. The van der Waals surface area contributed by atoms with E-state index in [0.29, 0.717) is 15.9 Å². The highest BCUT2D eigenvalue weighted by Gasteiger charge is 2.11. The van der Waals surface area contributed by atoms with E-state index in [1.165, 1.54) is 28.0 Å². The third kappa shape index (κ3) is 1.93. The van der Waals surface area contributed by atoms with E-state index < -0.39 is 5.82 Å². The van der Waals surface area contributed by atoms with Crippen LogP contribution in [0.15, 0.2) is 34.4 Å². The fourth-order valence-electron chi connectivity index (χ4n) is 1.98. The van der Waals surface area contributed by atoms with Crippen LogP contribution in [-0.2, 0) is 0 Å². The van der Waals surface area contributed by atoms with E-state index in [-0.39, 0.29) is 10.3 Å². The summed E-state index contributed by atoms with van der Waals surface area (Å²) in [6.07, 6.45) is 0. The summed E-state index contributed by atoms with van der Waals surface area (Å²) in [6, 6.07) is 6.12. The highest BCUT2D eigenvalue weighted by atomic mass is 32.1. The van der Waals surface area contributed by atoms with Crippen molar-refractivity contribution >= 4 is 33.8 Å². The summed E-state index contributed by atoms with van der Waals surface area (Å²) in [4.78, 5) is 15.4. The number of benzene rings is 1. The lowest BCUT2D eigenvalue weighted by molar-refractivity contribution is 0.625. The molecule has 0 radical (unpaired) electrons. The number of thiophene rings is 1. The molecule has 0 bridgehead atoms. The number of aromatic nitrogens is 2. The standard InChI is InChI=1S/C13H9FN2OS2/c1-7-2-3-8(14)6-10(7)16-12(17)11-9(4-5-19-11)15-13(16)18/h2-6H,1H3,(H,15,18). The van der Waals surface area contributed by atoms with Gasteiger partial charge in [0.25, 0.3) is 5.56 Å². The van der Waals surface area contributed by atoms with Crippen LogP contribution in [0.3, 0.4) is 0 Å². The molecule has 0 atom stereocenters. The van der Waals surface area contributed by atoms with Gasteiger partial charge >= 0.3 is 0 Å². The van der Waals surface area contributed by atoms with Gasteiger partial charge in [-0.15, -0.1) is 11.3 Å². The van der Waals surface area contributed by atoms with E-state index in [1.54, 1.807) is 12.1 Å². The summed E-state index contributed by atoms with van der Waals surface area (Å²) in [5, 5.41) is 1.82. The Morgan fingerprint density at radius 2 is 2.16 bits per heavy atom. The number of hydrogen-bond donors (Lipinski definition) is 1. The summed E-state index contributed by atoms with van der Waals surface area (Å²) < 4.78 is 15.6. The highest BCUT2D eigenvalue weighted by molar-refractivity contribution is 7.71. The third-order valence-corrected chi connectivity index (χ3v) is 4.11. The smallest absolute Gasteiger partial charge is 0.276 e. The van der Waals surface area contributed by atoms with Gasteiger partial charge in [0.2, 0.25) is 0 Å². The molecule has 0 amide bonds. The summed E-state index contributed by atoms with van der Waals surface area (Å²) in [7, 11) is 0. The first kappa shape index (κ1) is 12.3. The number of nitrogens with one attached hydrogen (secondary N) is 1. The monoisotopic (exact) mass is 292 g/mol. The third-order valence-electron chi connectivity index (χ3n) is 2.92. The van der Waals surface area contributed by atoms with Crippen molar-refractivity contribution in [1.29, 1.82) is 0 Å². The topological polar surface area (TPSA) is 37.8 Å². The molecule has 1 N–H and O–H groups in total. The van der Waals surface area contributed by atoms with Crippen molar-refractivity contribution in [1.82, 2.24) is 9.55 Å². The van der Waals surface area contributed by atoms with Crippen LogP contribution in [0, 0.1) is 17.5 Å². The second kappa shape index (κ2) is 4.40. The largest absolute Gasteiger partial charge is 0.331 e. The highest BCUT2D eigenvalue weighted by Crippen LogP contribution is 2.18. The molecular weight excluding hydrogens is 283 g/mol. The van der Waals surface area contributed by atoms with Crippen molar-refractivity contribution in [2.75, 3.05) is 0 Å². The van der Waals surface area contributed by atoms with Crippen LogP contribution in [0.2, 0.25) is 0 Å².